The van der Waals surface area contributed by atoms with Crippen molar-refractivity contribution < 1.29 is 24.3 Å². The lowest BCUT2D eigenvalue weighted by Gasteiger charge is -2.19. The molecule has 9 nitrogen and oxygen atoms in total. The second-order valence-electron chi connectivity index (χ2n) is 5.25. The van der Waals surface area contributed by atoms with E-state index >= 15 is 0 Å². The molecular formula is C13H22N4O5S2. The molecule has 1 heterocycles. The highest BCUT2D eigenvalue weighted by molar-refractivity contribution is 7.80. The van der Waals surface area contributed by atoms with Gasteiger partial charge >= 0.3 is 5.97 Å². The maximum Gasteiger partial charge on any atom is 0.327 e. The Morgan fingerprint density at radius 1 is 1.12 bits per heavy atom. The topological polar surface area (TPSA) is 137 Å². The van der Waals surface area contributed by atoms with Crippen molar-refractivity contribution in [2.75, 3.05) is 24.6 Å². The summed E-state index contributed by atoms with van der Waals surface area (Å²) in [6.07, 6.45) is 1.60. The van der Waals surface area contributed by atoms with E-state index in [1.54, 1.807) is 0 Å². The van der Waals surface area contributed by atoms with E-state index in [-0.39, 0.29) is 23.5 Å². The highest BCUT2D eigenvalue weighted by Crippen LogP contribution is 2.05. The monoisotopic (exact) mass is 378 g/mol. The van der Waals surface area contributed by atoms with Crippen LogP contribution in [0.5, 0.6) is 0 Å². The van der Waals surface area contributed by atoms with E-state index in [1.165, 1.54) is 0 Å². The van der Waals surface area contributed by atoms with Crippen molar-refractivity contribution in [2.45, 2.75) is 31.0 Å². The minimum absolute atomic E-state index is 0.0697. The van der Waals surface area contributed by atoms with Crippen molar-refractivity contribution >= 4 is 48.9 Å². The molecule has 11 heteroatoms. The minimum atomic E-state index is -1.21. The predicted octanol–water partition coefficient (Wildman–Crippen LogP) is -2.23. The third kappa shape index (κ3) is 6.57. The van der Waals surface area contributed by atoms with Crippen molar-refractivity contribution in [1.29, 1.82) is 0 Å². The van der Waals surface area contributed by atoms with Crippen LogP contribution in [-0.4, -0.2) is 71.5 Å². The average molecular weight is 378 g/mol. The summed E-state index contributed by atoms with van der Waals surface area (Å²) in [6, 6.07) is -2.34. The Morgan fingerprint density at radius 3 is 2.29 bits per heavy atom. The van der Waals surface area contributed by atoms with Crippen LogP contribution in [0, 0.1) is 0 Å². The summed E-state index contributed by atoms with van der Waals surface area (Å²) in [5, 5.41) is 19.0. The molecule has 0 saturated carbocycles. The first kappa shape index (κ1) is 20.6. The van der Waals surface area contributed by atoms with E-state index < -0.39 is 36.4 Å². The molecule has 24 heavy (non-hydrogen) atoms. The van der Waals surface area contributed by atoms with Gasteiger partial charge in [-0.15, -0.1) is 0 Å². The van der Waals surface area contributed by atoms with Gasteiger partial charge in [0.05, 0.1) is 12.6 Å². The molecule has 1 rings (SSSR count). The van der Waals surface area contributed by atoms with Gasteiger partial charge < -0.3 is 26.4 Å². The molecule has 3 amide bonds. The van der Waals surface area contributed by atoms with Crippen molar-refractivity contribution in [2.24, 2.45) is 0 Å². The van der Waals surface area contributed by atoms with Gasteiger partial charge in [-0.2, -0.15) is 25.3 Å². The van der Waals surface area contributed by atoms with Crippen LogP contribution in [0.15, 0.2) is 0 Å². The summed E-state index contributed by atoms with van der Waals surface area (Å²) in [4.78, 5) is 46.4. The fraction of sp³-hybridized carbons (Fsp3) is 0.692. The molecular weight excluding hydrogens is 356 g/mol. The summed E-state index contributed by atoms with van der Waals surface area (Å²) < 4.78 is 0. The molecule has 1 aliphatic heterocycles. The lowest BCUT2D eigenvalue weighted by atomic mass is 10.2. The third-order valence-electron chi connectivity index (χ3n) is 3.43. The zero-order valence-electron chi connectivity index (χ0n) is 12.9. The van der Waals surface area contributed by atoms with Crippen molar-refractivity contribution in [1.82, 2.24) is 21.3 Å². The molecule has 0 aromatic rings. The van der Waals surface area contributed by atoms with Gasteiger partial charge in [0.2, 0.25) is 17.7 Å². The van der Waals surface area contributed by atoms with E-state index in [2.05, 4.69) is 46.5 Å². The van der Waals surface area contributed by atoms with Crippen LogP contribution in [-0.2, 0) is 19.2 Å². The number of nitrogens with one attached hydrogen (secondary N) is 4. The Kier molecular flexibility index (Phi) is 8.93. The Bertz CT molecular complexity index is 485. The quantitative estimate of drug-likeness (QED) is 0.227. The van der Waals surface area contributed by atoms with Crippen molar-refractivity contribution in [3.63, 3.8) is 0 Å². The number of rotatable bonds is 9. The highest BCUT2D eigenvalue weighted by atomic mass is 32.1. The summed E-state index contributed by atoms with van der Waals surface area (Å²) in [7, 11) is 0. The average Bonchev–Trinajstić information content (AvgIpc) is 3.09. The molecule has 1 saturated heterocycles. The number of aliphatic carboxylic acids is 1. The van der Waals surface area contributed by atoms with E-state index in [4.69, 9.17) is 5.11 Å². The Hall–Kier alpha value is -1.46. The molecule has 0 aromatic heterocycles. The second-order valence-corrected chi connectivity index (χ2v) is 5.98. The standard InChI is InChI=1S/C13H22N4O5S2/c18-10(16-9(6-24)13(21)22)4-15-11(19)8(5-23)17-12(20)7-2-1-3-14-7/h7-9,14,23-24H,1-6H2,(H,15,19)(H,16,18)(H,17,20)(H,21,22). The number of carboxylic acid groups (broad SMARTS) is 1. The molecule has 0 aliphatic carbocycles. The Balaban J connectivity index is 2.41. The number of thiol groups is 2. The van der Waals surface area contributed by atoms with Crippen LogP contribution in [0.1, 0.15) is 12.8 Å². The first-order valence-corrected chi connectivity index (χ1v) is 8.70. The number of amides is 3. The molecule has 136 valence electrons. The second kappa shape index (κ2) is 10.4. The van der Waals surface area contributed by atoms with Crippen LogP contribution in [0.4, 0.5) is 0 Å². The molecule has 1 fully saturated rings. The van der Waals surface area contributed by atoms with Gasteiger partial charge in [0.15, 0.2) is 0 Å². The predicted molar refractivity (Wildman–Crippen MR) is 93.2 cm³/mol. The first-order valence-electron chi connectivity index (χ1n) is 7.44. The zero-order chi connectivity index (χ0) is 18.1. The van der Waals surface area contributed by atoms with Gasteiger partial charge in [0.1, 0.15) is 12.1 Å². The lowest BCUT2D eigenvalue weighted by Crippen LogP contribution is -2.54. The van der Waals surface area contributed by atoms with Gasteiger partial charge in [0, 0.05) is 11.5 Å². The van der Waals surface area contributed by atoms with E-state index in [0.29, 0.717) is 6.42 Å². The molecule has 3 atom stereocenters. The molecule has 0 aromatic carbocycles. The summed E-state index contributed by atoms with van der Waals surface area (Å²) >= 11 is 7.85. The Labute approximate surface area is 150 Å². The largest absolute Gasteiger partial charge is 0.480 e. The number of hydrogen-bond acceptors (Lipinski definition) is 7. The van der Waals surface area contributed by atoms with Crippen LogP contribution >= 0.6 is 25.3 Å². The van der Waals surface area contributed by atoms with Gasteiger partial charge in [0.25, 0.3) is 0 Å². The normalized spacial score (nSPS) is 19.2. The zero-order valence-corrected chi connectivity index (χ0v) is 14.7. The van der Waals surface area contributed by atoms with Gasteiger partial charge in [-0.25, -0.2) is 4.79 Å². The summed E-state index contributed by atoms with van der Waals surface area (Å²) in [6.45, 7) is 0.351. The molecule has 1 aliphatic rings. The smallest absolute Gasteiger partial charge is 0.327 e. The number of carboxylic acids is 1. The maximum absolute atomic E-state index is 12.0. The van der Waals surface area contributed by atoms with Crippen LogP contribution in [0.3, 0.4) is 0 Å². The van der Waals surface area contributed by atoms with E-state index in [0.717, 1.165) is 13.0 Å². The fourth-order valence-electron chi connectivity index (χ4n) is 2.10. The van der Waals surface area contributed by atoms with Crippen molar-refractivity contribution in [3.05, 3.63) is 0 Å². The molecule has 0 radical (unpaired) electrons. The molecule has 5 N–H and O–H groups in total. The number of carbonyl (C=O) groups is 4. The first-order chi connectivity index (χ1) is 11.4. The van der Waals surface area contributed by atoms with Gasteiger partial charge in [-0.05, 0) is 19.4 Å². The van der Waals surface area contributed by atoms with Crippen molar-refractivity contribution in [3.8, 4) is 0 Å². The third-order valence-corrected chi connectivity index (χ3v) is 4.16. The van der Waals surface area contributed by atoms with E-state index in [9.17, 15) is 19.2 Å². The number of carbonyl (C=O) groups excluding carboxylic acids is 3. The highest BCUT2D eigenvalue weighted by Gasteiger charge is 2.27. The SMILES string of the molecule is O=C(CNC(=O)C(CS)NC(=O)C1CCCN1)NC(CS)C(=O)O. The van der Waals surface area contributed by atoms with E-state index in [1.807, 2.05) is 0 Å². The van der Waals surface area contributed by atoms with Gasteiger partial charge in [-0.3, -0.25) is 14.4 Å². The van der Waals surface area contributed by atoms with Crippen LogP contribution in [0.2, 0.25) is 0 Å². The summed E-state index contributed by atoms with van der Waals surface area (Å²) in [5.74, 6) is -2.73. The fourth-order valence-corrected chi connectivity index (χ4v) is 2.60. The van der Waals surface area contributed by atoms with Crippen LogP contribution < -0.4 is 21.3 Å². The van der Waals surface area contributed by atoms with Gasteiger partial charge in [-0.1, -0.05) is 0 Å². The lowest BCUT2D eigenvalue weighted by molar-refractivity contribution is -0.141. The van der Waals surface area contributed by atoms with Crippen LogP contribution in [0.25, 0.3) is 0 Å². The molecule has 0 bridgehead atoms. The summed E-state index contributed by atoms with van der Waals surface area (Å²) in [5.41, 5.74) is 0. The molecule has 3 unspecified atom stereocenters. The number of hydrogen-bond donors (Lipinski definition) is 7. The Morgan fingerprint density at radius 2 is 1.79 bits per heavy atom. The minimum Gasteiger partial charge on any atom is -0.480 e. The molecule has 0 spiro atoms. The maximum atomic E-state index is 12.0.